The number of aromatic nitrogens is 3. The Hall–Kier alpha value is -1.14. The largest absolute Gasteiger partial charge is 0.393 e. The number of rotatable bonds is 2. The molecule has 6 nitrogen and oxygen atoms in total. The highest BCUT2D eigenvalue weighted by molar-refractivity contribution is 6.28. The molecule has 14 heavy (non-hydrogen) atoms. The minimum Gasteiger partial charge on any atom is -0.393 e. The summed E-state index contributed by atoms with van der Waals surface area (Å²) in [7, 11) is 0. The quantitative estimate of drug-likeness (QED) is 0.645. The Morgan fingerprint density at radius 1 is 1.36 bits per heavy atom. The Balaban J connectivity index is 2.02. The third kappa shape index (κ3) is 2.02. The Labute approximate surface area is 85.5 Å². The second-order valence-corrected chi connectivity index (χ2v) is 3.59. The fraction of sp³-hybridized carbons (Fsp3) is 0.571. The Morgan fingerprint density at radius 2 is 2.07 bits per heavy atom. The third-order valence-corrected chi connectivity index (χ3v) is 2.24. The van der Waals surface area contributed by atoms with Gasteiger partial charge in [0.15, 0.2) is 0 Å². The maximum atomic E-state index is 9.06. The van der Waals surface area contributed by atoms with E-state index < -0.39 is 0 Å². The van der Waals surface area contributed by atoms with Crippen molar-refractivity contribution in [3.05, 3.63) is 5.28 Å². The van der Waals surface area contributed by atoms with Gasteiger partial charge in [-0.25, -0.2) is 0 Å². The van der Waals surface area contributed by atoms with Crippen molar-refractivity contribution < 1.29 is 5.11 Å². The fourth-order valence-electron chi connectivity index (χ4n) is 1.32. The zero-order valence-corrected chi connectivity index (χ0v) is 8.07. The van der Waals surface area contributed by atoms with Gasteiger partial charge in [-0.2, -0.15) is 15.0 Å². The molecule has 76 valence electrons. The number of aliphatic hydroxyl groups excluding tert-OH is 1. The van der Waals surface area contributed by atoms with Gasteiger partial charge in [-0.1, -0.05) is 0 Å². The molecule has 0 aliphatic heterocycles. The van der Waals surface area contributed by atoms with Crippen LogP contribution in [0.2, 0.25) is 5.28 Å². The zero-order chi connectivity index (χ0) is 10.1. The van der Waals surface area contributed by atoms with E-state index in [1.165, 1.54) is 0 Å². The van der Waals surface area contributed by atoms with Gasteiger partial charge < -0.3 is 16.2 Å². The summed E-state index contributed by atoms with van der Waals surface area (Å²) in [4.78, 5) is 11.3. The second kappa shape index (κ2) is 3.55. The SMILES string of the molecule is Nc1nc(Cl)nc(NC2CC(O)C2)n1. The molecular formula is C7H10ClN5O. The Bertz CT molecular complexity index is 321. The van der Waals surface area contributed by atoms with Crippen LogP contribution in [0.5, 0.6) is 0 Å². The molecule has 4 N–H and O–H groups in total. The van der Waals surface area contributed by atoms with Gasteiger partial charge in [0.2, 0.25) is 17.2 Å². The number of anilines is 2. The van der Waals surface area contributed by atoms with Gasteiger partial charge in [0.25, 0.3) is 0 Å². The molecule has 0 amide bonds. The second-order valence-electron chi connectivity index (χ2n) is 3.25. The smallest absolute Gasteiger partial charge is 0.229 e. The number of nitrogens with zero attached hydrogens (tertiary/aromatic N) is 3. The standard InChI is InChI=1S/C7H10ClN5O/c8-5-11-6(9)13-7(12-5)10-3-1-4(14)2-3/h3-4,14H,1-2H2,(H3,9,10,11,12,13). The van der Waals surface area contributed by atoms with Crippen LogP contribution in [0.4, 0.5) is 11.9 Å². The summed E-state index contributed by atoms with van der Waals surface area (Å²) in [5.41, 5.74) is 5.39. The number of nitrogen functional groups attached to an aromatic ring is 1. The molecule has 0 unspecified atom stereocenters. The van der Waals surface area contributed by atoms with Crippen LogP contribution in [-0.4, -0.2) is 32.2 Å². The van der Waals surface area contributed by atoms with Gasteiger partial charge in [0, 0.05) is 6.04 Å². The first-order chi connectivity index (χ1) is 6.63. The molecule has 1 aliphatic carbocycles. The summed E-state index contributed by atoms with van der Waals surface area (Å²) in [6, 6.07) is 0.197. The normalized spacial score (nSPS) is 25.6. The van der Waals surface area contributed by atoms with Crippen molar-refractivity contribution in [1.82, 2.24) is 15.0 Å². The third-order valence-electron chi connectivity index (χ3n) is 2.07. The van der Waals surface area contributed by atoms with Crippen molar-refractivity contribution in [3.63, 3.8) is 0 Å². The van der Waals surface area contributed by atoms with E-state index in [2.05, 4.69) is 20.3 Å². The lowest BCUT2D eigenvalue weighted by atomic mass is 9.90. The van der Waals surface area contributed by atoms with Crippen LogP contribution in [-0.2, 0) is 0 Å². The summed E-state index contributed by atoms with van der Waals surface area (Å²) < 4.78 is 0. The first-order valence-electron chi connectivity index (χ1n) is 4.25. The number of nitrogens with two attached hydrogens (primary N) is 1. The molecule has 0 saturated heterocycles. The maximum absolute atomic E-state index is 9.06. The minimum absolute atomic E-state index is 0.0693. The highest BCUT2D eigenvalue weighted by Crippen LogP contribution is 2.22. The molecular weight excluding hydrogens is 206 g/mol. The summed E-state index contributed by atoms with van der Waals surface area (Å²) in [5.74, 6) is 0.451. The van der Waals surface area contributed by atoms with Gasteiger partial charge in [0.05, 0.1) is 6.10 Å². The number of halogens is 1. The van der Waals surface area contributed by atoms with Gasteiger partial charge in [-0.3, -0.25) is 0 Å². The van der Waals surface area contributed by atoms with Crippen molar-refractivity contribution >= 4 is 23.5 Å². The molecule has 1 saturated carbocycles. The van der Waals surface area contributed by atoms with Crippen LogP contribution >= 0.6 is 11.6 Å². The van der Waals surface area contributed by atoms with E-state index in [1.54, 1.807) is 0 Å². The lowest BCUT2D eigenvalue weighted by Gasteiger charge is -2.31. The highest BCUT2D eigenvalue weighted by atomic mass is 35.5. The van der Waals surface area contributed by atoms with E-state index >= 15 is 0 Å². The van der Waals surface area contributed by atoms with Crippen LogP contribution in [0.25, 0.3) is 0 Å². The van der Waals surface area contributed by atoms with Gasteiger partial charge in [-0.15, -0.1) is 0 Å². The number of hydrogen-bond donors (Lipinski definition) is 3. The van der Waals surface area contributed by atoms with E-state index in [4.69, 9.17) is 22.4 Å². The summed E-state index contributed by atoms with van der Waals surface area (Å²) >= 11 is 5.59. The van der Waals surface area contributed by atoms with Gasteiger partial charge in [0.1, 0.15) is 0 Å². The van der Waals surface area contributed by atoms with Crippen molar-refractivity contribution in [2.24, 2.45) is 0 Å². The summed E-state index contributed by atoms with van der Waals surface area (Å²) in [5, 5.41) is 12.1. The first-order valence-corrected chi connectivity index (χ1v) is 4.63. The average Bonchev–Trinajstić information content (AvgIpc) is 1.99. The van der Waals surface area contributed by atoms with Crippen molar-refractivity contribution in [2.75, 3.05) is 11.1 Å². The van der Waals surface area contributed by atoms with Crippen LogP contribution in [0.3, 0.4) is 0 Å². The Kier molecular flexibility index (Phi) is 2.39. The van der Waals surface area contributed by atoms with Crippen LogP contribution < -0.4 is 11.1 Å². The van der Waals surface area contributed by atoms with Crippen LogP contribution in [0.1, 0.15) is 12.8 Å². The highest BCUT2D eigenvalue weighted by Gasteiger charge is 2.27. The number of aliphatic hydroxyl groups is 1. The summed E-state index contributed by atoms with van der Waals surface area (Å²) in [6.45, 7) is 0. The zero-order valence-electron chi connectivity index (χ0n) is 7.31. The van der Waals surface area contributed by atoms with Crippen LogP contribution in [0, 0.1) is 0 Å². The van der Waals surface area contributed by atoms with E-state index in [0.717, 1.165) is 0 Å². The summed E-state index contributed by atoms with van der Waals surface area (Å²) in [6.07, 6.45) is 1.18. The topological polar surface area (TPSA) is 97.0 Å². The van der Waals surface area contributed by atoms with Crippen molar-refractivity contribution in [2.45, 2.75) is 25.0 Å². The number of hydrogen-bond acceptors (Lipinski definition) is 6. The fourth-order valence-corrected chi connectivity index (χ4v) is 1.48. The average molecular weight is 216 g/mol. The lowest BCUT2D eigenvalue weighted by molar-refractivity contribution is 0.0834. The van der Waals surface area contributed by atoms with E-state index in [-0.39, 0.29) is 23.4 Å². The van der Waals surface area contributed by atoms with Gasteiger partial charge in [-0.05, 0) is 24.4 Å². The number of nitrogens with one attached hydrogen (secondary N) is 1. The van der Waals surface area contributed by atoms with Crippen molar-refractivity contribution in [3.8, 4) is 0 Å². The molecule has 0 bridgehead atoms. The molecule has 1 fully saturated rings. The molecule has 7 heteroatoms. The molecule has 0 spiro atoms. The lowest BCUT2D eigenvalue weighted by Crippen LogP contribution is -2.39. The van der Waals surface area contributed by atoms with E-state index in [0.29, 0.717) is 18.8 Å². The molecule has 0 aromatic carbocycles. The maximum Gasteiger partial charge on any atom is 0.229 e. The monoisotopic (exact) mass is 215 g/mol. The van der Waals surface area contributed by atoms with Crippen molar-refractivity contribution in [1.29, 1.82) is 0 Å². The predicted octanol–water partition coefficient (Wildman–Crippen LogP) is 0.0424. The Morgan fingerprint density at radius 3 is 2.64 bits per heavy atom. The predicted molar refractivity (Wildman–Crippen MR) is 51.9 cm³/mol. The molecule has 1 heterocycles. The minimum atomic E-state index is -0.220. The molecule has 2 rings (SSSR count). The molecule has 1 aliphatic rings. The molecule has 0 atom stereocenters. The van der Waals surface area contributed by atoms with Gasteiger partial charge >= 0.3 is 0 Å². The molecule has 0 radical (unpaired) electrons. The van der Waals surface area contributed by atoms with E-state index in [9.17, 15) is 0 Å². The van der Waals surface area contributed by atoms with E-state index in [1.807, 2.05) is 0 Å². The molecule has 1 aromatic heterocycles. The first kappa shape index (κ1) is 9.42. The van der Waals surface area contributed by atoms with Crippen LogP contribution in [0.15, 0.2) is 0 Å². The molecule has 1 aromatic rings.